The van der Waals surface area contributed by atoms with Gasteiger partial charge in [0, 0.05) is 36.2 Å². The van der Waals surface area contributed by atoms with Crippen LogP contribution in [0.5, 0.6) is 5.75 Å². The summed E-state index contributed by atoms with van der Waals surface area (Å²) in [7, 11) is 0. The largest absolute Gasteiger partial charge is 0.506 e. The van der Waals surface area contributed by atoms with E-state index in [0.29, 0.717) is 10.0 Å². The van der Waals surface area contributed by atoms with Gasteiger partial charge in [-0.05, 0) is 28.1 Å². The summed E-state index contributed by atoms with van der Waals surface area (Å²) < 4.78 is 14.8. The summed E-state index contributed by atoms with van der Waals surface area (Å²) in [6.07, 6.45) is 0. The molecule has 1 aromatic rings. The average Bonchev–Trinajstić information content (AvgIpc) is 2.37. The topological polar surface area (TPSA) is 35.5 Å². The molecule has 1 fully saturated rings. The third-order valence-corrected chi connectivity index (χ3v) is 4.22. The Morgan fingerprint density at radius 1 is 1.32 bits per heavy atom. The maximum atomic E-state index is 13.4. The number of aromatic hydroxyl groups is 1. The van der Waals surface area contributed by atoms with Crippen LogP contribution in [0.1, 0.15) is 11.6 Å². The van der Waals surface area contributed by atoms with Gasteiger partial charge in [0.05, 0.1) is 10.5 Å². The van der Waals surface area contributed by atoms with Crippen molar-refractivity contribution < 1.29 is 9.50 Å². The molecular formula is C12H16Br2ClFN2O. The van der Waals surface area contributed by atoms with E-state index in [-0.39, 0.29) is 24.2 Å². The molecule has 1 heterocycles. The molecule has 0 bridgehead atoms. The Kier molecular flexibility index (Phi) is 7.04. The molecule has 108 valence electrons. The fraction of sp³-hybridized carbons (Fsp3) is 0.500. The van der Waals surface area contributed by atoms with Crippen LogP contribution in [0, 0.1) is 0 Å². The lowest BCUT2D eigenvalue weighted by Gasteiger charge is -2.34. The third-order valence-electron chi connectivity index (χ3n) is 3.16. The van der Waals surface area contributed by atoms with E-state index in [1.807, 2.05) is 0 Å². The summed E-state index contributed by atoms with van der Waals surface area (Å²) in [5.41, 5.74) is 0.626. The van der Waals surface area contributed by atoms with Crippen molar-refractivity contribution in [2.45, 2.75) is 6.04 Å². The first kappa shape index (κ1) is 17.2. The quantitative estimate of drug-likeness (QED) is 0.791. The second kappa shape index (κ2) is 7.78. The van der Waals surface area contributed by atoms with E-state index in [4.69, 9.17) is 0 Å². The summed E-state index contributed by atoms with van der Waals surface area (Å²) >= 11 is 6.66. The van der Waals surface area contributed by atoms with Gasteiger partial charge < -0.3 is 10.4 Å². The molecular weight excluding hydrogens is 402 g/mol. The van der Waals surface area contributed by atoms with E-state index in [2.05, 4.69) is 42.1 Å². The van der Waals surface area contributed by atoms with Gasteiger partial charge in [-0.3, -0.25) is 4.90 Å². The minimum atomic E-state index is -0.504. The van der Waals surface area contributed by atoms with E-state index in [1.54, 1.807) is 12.1 Å². The van der Waals surface area contributed by atoms with Crippen LogP contribution in [0.15, 0.2) is 21.1 Å². The van der Waals surface area contributed by atoms with Crippen LogP contribution in [0.25, 0.3) is 0 Å². The van der Waals surface area contributed by atoms with Gasteiger partial charge >= 0.3 is 0 Å². The lowest BCUT2D eigenvalue weighted by atomic mass is 10.0. The van der Waals surface area contributed by atoms with Crippen LogP contribution < -0.4 is 5.32 Å². The van der Waals surface area contributed by atoms with Gasteiger partial charge in [-0.15, -0.1) is 12.4 Å². The number of hydrogen-bond donors (Lipinski definition) is 2. The number of phenolic OH excluding ortho intramolecular Hbond substituents is 1. The molecule has 1 aliphatic heterocycles. The summed E-state index contributed by atoms with van der Waals surface area (Å²) in [6.45, 7) is 2.78. The molecule has 1 saturated heterocycles. The Hall–Kier alpha value is 0.120. The van der Waals surface area contributed by atoms with Crippen molar-refractivity contribution in [3.05, 3.63) is 26.6 Å². The first-order chi connectivity index (χ1) is 8.63. The number of alkyl halides is 1. The normalized spacial score (nSPS) is 17.8. The van der Waals surface area contributed by atoms with Crippen molar-refractivity contribution in [1.82, 2.24) is 10.2 Å². The molecule has 1 aliphatic rings. The Labute approximate surface area is 135 Å². The smallest absolute Gasteiger partial charge is 0.134 e. The molecule has 0 unspecified atom stereocenters. The summed E-state index contributed by atoms with van der Waals surface area (Å²) in [4.78, 5) is 2.06. The first-order valence-corrected chi connectivity index (χ1v) is 7.40. The lowest BCUT2D eigenvalue weighted by Crippen LogP contribution is -2.45. The van der Waals surface area contributed by atoms with Crippen LogP contribution in [0.4, 0.5) is 4.39 Å². The SMILES string of the molecule is Cl.Oc1c(Br)cc(Br)cc1[C@@H](CF)N1CCNCC1. The van der Waals surface area contributed by atoms with Gasteiger partial charge in [-0.2, -0.15) is 0 Å². The van der Waals surface area contributed by atoms with Crippen LogP contribution in [-0.2, 0) is 0 Å². The zero-order valence-corrected chi connectivity index (χ0v) is 14.2. The molecule has 0 amide bonds. The van der Waals surface area contributed by atoms with E-state index in [0.717, 1.165) is 30.7 Å². The second-order valence-electron chi connectivity index (χ2n) is 4.28. The Morgan fingerprint density at radius 3 is 2.53 bits per heavy atom. The number of benzene rings is 1. The number of rotatable bonds is 3. The molecule has 19 heavy (non-hydrogen) atoms. The third kappa shape index (κ3) is 4.04. The summed E-state index contributed by atoms with van der Waals surface area (Å²) in [5, 5.41) is 13.3. The Balaban J connectivity index is 0.00000180. The van der Waals surface area contributed by atoms with Gasteiger partial charge in [0.15, 0.2) is 0 Å². The van der Waals surface area contributed by atoms with Crippen molar-refractivity contribution in [1.29, 1.82) is 0 Å². The fourth-order valence-electron chi connectivity index (χ4n) is 2.21. The fourth-order valence-corrected chi connectivity index (χ4v) is 3.47. The zero-order chi connectivity index (χ0) is 13.1. The minimum Gasteiger partial charge on any atom is -0.506 e. The van der Waals surface area contributed by atoms with Gasteiger partial charge in [-0.25, -0.2) is 4.39 Å². The maximum absolute atomic E-state index is 13.4. The van der Waals surface area contributed by atoms with Gasteiger partial charge in [-0.1, -0.05) is 15.9 Å². The van der Waals surface area contributed by atoms with Crippen LogP contribution in [-0.4, -0.2) is 42.9 Å². The van der Waals surface area contributed by atoms with Gasteiger partial charge in [0.25, 0.3) is 0 Å². The highest BCUT2D eigenvalue weighted by Gasteiger charge is 2.25. The average molecular weight is 419 g/mol. The summed E-state index contributed by atoms with van der Waals surface area (Å²) in [5.74, 6) is 0.124. The van der Waals surface area contributed by atoms with Crippen molar-refractivity contribution in [2.24, 2.45) is 0 Å². The van der Waals surface area contributed by atoms with E-state index >= 15 is 0 Å². The number of halogens is 4. The molecule has 0 aromatic heterocycles. The summed E-state index contributed by atoms with van der Waals surface area (Å²) in [6, 6.07) is 3.15. The molecule has 2 N–H and O–H groups in total. The molecule has 0 aliphatic carbocycles. The van der Waals surface area contributed by atoms with Crippen molar-refractivity contribution in [2.75, 3.05) is 32.9 Å². The molecule has 0 spiro atoms. The van der Waals surface area contributed by atoms with E-state index in [1.165, 1.54) is 0 Å². The predicted molar refractivity (Wildman–Crippen MR) is 83.9 cm³/mol. The first-order valence-electron chi connectivity index (χ1n) is 5.82. The highest BCUT2D eigenvalue weighted by atomic mass is 79.9. The van der Waals surface area contributed by atoms with Crippen LogP contribution in [0.3, 0.4) is 0 Å². The minimum absolute atomic E-state index is 0. The molecule has 2 rings (SSSR count). The number of hydrogen-bond acceptors (Lipinski definition) is 3. The number of phenols is 1. The van der Waals surface area contributed by atoms with Gasteiger partial charge in [0.1, 0.15) is 12.4 Å². The number of piperazine rings is 1. The monoisotopic (exact) mass is 416 g/mol. The standard InChI is InChI=1S/C12H15Br2FN2O.ClH/c13-8-5-9(12(18)10(14)6-8)11(7-15)17-3-1-16-2-4-17;/h5-6,11,16,18H,1-4,7H2;1H/t11-;/m1./s1. The van der Waals surface area contributed by atoms with E-state index < -0.39 is 6.67 Å². The predicted octanol–water partition coefficient (Wildman–Crippen LogP) is 3.25. The molecule has 1 atom stereocenters. The van der Waals surface area contributed by atoms with Crippen LogP contribution >= 0.6 is 44.3 Å². The highest BCUT2D eigenvalue weighted by molar-refractivity contribution is 9.11. The molecule has 0 saturated carbocycles. The highest BCUT2D eigenvalue weighted by Crippen LogP contribution is 2.37. The van der Waals surface area contributed by atoms with Crippen molar-refractivity contribution >= 4 is 44.3 Å². The molecule has 0 radical (unpaired) electrons. The molecule has 3 nitrogen and oxygen atoms in total. The van der Waals surface area contributed by atoms with Crippen molar-refractivity contribution in [3.8, 4) is 5.75 Å². The zero-order valence-electron chi connectivity index (χ0n) is 10.2. The van der Waals surface area contributed by atoms with Crippen LogP contribution in [0.2, 0.25) is 0 Å². The lowest BCUT2D eigenvalue weighted by molar-refractivity contribution is 0.145. The molecule has 1 aromatic carbocycles. The number of nitrogens with zero attached hydrogens (tertiary/aromatic N) is 1. The van der Waals surface area contributed by atoms with E-state index in [9.17, 15) is 9.50 Å². The van der Waals surface area contributed by atoms with Gasteiger partial charge in [0.2, 0.25) is 0 Å². The number of nitrogens with one attached hydrogen (secondary N) is 1. The Morgan fingerprint density at radius 2 is 1.95 bits per heavy atom. The maximum Gasteiger partial charge on any atom is 0.134 e. The molecule has 7 heteroatoms. The van der Waals surface area contributed by atoms with Crippen molar-refractivity contribution in [3.63, 3.8) is 0 Å². The second-order valence-corrected chi connectivity index (χ2v) is 6.05. The Bertz CT molecular complexity index is 430.